The van der Waals surface area contributed by atoms with Gasteiger partial charge in [-0.1, -0.05) is 55.0 Å². The Labute approximate surface area is 136 Å². The molecule has 1 atom stereocenters. The van der Waals surface area contributed by atoms with E-state index in [0.717, 1.165) is 6.42 Å². The van der Waals surface area contributed by atoms with Crippen LogP contribution in [-0.2, 0) is 9.59 Å². The second-order valence-electron chi connectivity index (χ2n) is 8.61. The third-order valence-corrected chi connectivity index (χ3v) is 4.12. The van der Waals surface area contributed by atoms with E-state index in [1.807, 2.05) is 6.92 Å². The molecule has 0 spiro atoms. The summed E-state index contributed by atoms with van der Waals surface area (Å²) in [5.74, 6) is -0.137. The lowest BCUT2D eigenvalue weighted by atomic mass is 9.61. The van der Waals surface area contributed by atoms with Crippen molar-refractivity contribution in [2.24, 2.45) is 16.2 Å². The Morgan fingerprint density at radius 1 is 0.909 bits per heavy atom. The molecule has 22 heavy (non-hydrogen) atoms. The van der Waals surface area contributed by atoms with Crippen LogP contribution >= 0.6 is 0 Å². The molecule has 4 nitrogen and oxygen atoms in total. The summed E-state index contributed by atoms with van der Waals surface area (Å²) >= 11 is 0. The van der Waals surface area contributed by atoms with Crippen molar-refractivity contribution in [1.29, 1.82) is 0 Å². The lowest BCUT2D eigenvalue weighted by molar-refractivity contribution is -0.139. The topological polar surface area (TPSA) is 58.2 Å². The van der Waals surface area contributed by atoms with Gasteiger partial charge in [-0.25, -0.2) is 0 Å². The van der Waals surface area contributed by atoms with Crippen molar-refractivity contribution in [2.75, 3.05) is 13.1 Å². The predicted octanol–water partition coefficient (Wildman–Crippen LogP) is 3.28. The van der Waals surface area contributed by atoms with Crippen molar-refractivity contribution in [2.45, 2.75) is 61.8 Å². The molecule has 0 fully saturated rings. The van der Waals surface area contributed by atoms with Crippen molar-refractivity contribution < 1.29 is 9.59 Å². The van der Waals surface area contributed by atoms with E-state index in [9.17, 15) is 9.59 Å². The lowest BCUT2D eigenvalue weighted by Gasteiger charge is -2.44. The van der Waals surface area contributed by atoms with Crippen molar-refractivity contribution >= 4 is 11.8 Å². The Morgan fingerprint density at radius 2 is 1.36 bits per heavy atom. The van der Waals surface area contributed by atoms with Gasteiger partial charge >= 0.3 is 0 Å². The normalized spacial score (nSPS) is 14.9. The molecule has 0 aliphatic heterocycles. The number of rotatable bonds is 6. The number of carbonyl (C=O) groups is 2. The third-order valence-electron chi connectivity index (χ3n) is 4.12. The zero-order valence-corrected chi connectivity index (χ0v) is 15.6. The van der Waals surface area contributed by atoms with Crippen LogP contribution in [0.5, 0.6) is 0 Å². The molecule has 2 N–H and O–H groups in total. The Morgan fingerprint density at radius 3 is 1.73 bits per heavy atom. The molecule has 0 heterocycles. The zero-order valence-electron chi connectivity index (χ0n) is 15.6. The van der Waals surface area contributed by atoms with Crippen molar-refractivity contribution in [3.05, 3.63) is 12.2 Å². The first-order chi connectivity index (χ1) is 9.71. The highest BCUT2D eigenvalue weighted by atomic mass is 16.2. The van der Waals surface area contributed by atoms with Gasteiger partial charge in [0.2, 0.25) is 11.8 Å². The quantitative estimate of drug-likeness (QED) is 0.584. The van der Waals surface area contributed by atoms with Gasteiger partial charge in [0.15, 0.2) is 0 Å². The minimum absolute atomic E-state index is 0.0412. The molecule has 0 aromatic heterocycles. The van der Waals surface area contributed by atoms with E-state index in [-0.39, 0.29) is 22.6 Å². The molecule has 1 unspecified atom stereocenters. The molecule has 0 rings (SSSR count). The summed E-state index contributed by atoms with van der Waals surface area (Å²) in [5, 5.41) is 5.69. The molecular weight excluding hydrogens is 276 g/mol. The SMILES string of the molecule is C=C(C)C(=O)NCCNC(=O)C(C)(CC(C)(C)C)C(C)(C)C. The van der Waals surface area contributed by atoms with E-state index >= 15 is 0 Å². The summed E-state index contributed by atoms with van der Waals surface area (Å²) in [6, 6.07) is 0. The number of nitrogens with one attached hydrogen (secondary N) is 2. The Hall–Kier alpha value is -1.32. The molecular formula is C18H34N2O2. The largest absolute Gasteiger partial charge is 0.354 e. The van der Waals surface area contributed by atoms with Crippen LogP contribution in [0.4, 0.5) is 0 Å². The van der Waals surface area contributed by atoms with Gasteiger partial charge in [0.25, 0.3) is 0 Å². The summed E-state index contributed by atoms with van der Waals surface area (Å²) < 4.78 is 0. The van der Waals surface area contributed by atoms with E-state index in [4.69, 9.17) is 0 Å². The van der Waals surface area contributed by atoms with Gasteiger partial charge in [0.05, 0.1) is 5.41 Å². The Balaban J connectivity index is 4.74. The fourth-order valence-electron chi connectivity index (χ4n) is 2.44. The van der Waals surface area contributed by atoms with Crippen LogP contribution in [0.25, 0.3) is 0 Å². The molecule has 0 radical (unpaired) electrons. The van der Waals surface area contributed by atoms with E-state index in [0.29, 0.717) is 18.7 Å². The molecule has 0 aliphatic carbocycles. The highest BCUT2D eigenvalue weighted by molar-refractivity contribution is 5.92. The molecule has 4 heteroatoms. The number of carbonyl (C=O) groups excluding carboxylic acids is 2. The molecule has 128 valence electrons. The van der Waals surface area contributed by atoms with Gasteiger partial charge in [-0.15, -0.1) is 0 Å². The highest BCUT2D eigenvalue weighted by Gasteiger charge is 2.46. The van der Waals surface area contributed by atoms with Crippen LogP contribution in [0, 0.1) is 16.2 Å². The average Bonchev–Trinajstić information content (AvgIpc) is 2.30. The summed E-state index contributed by atoms with van der Waals surface area (Å²) in [6.07, 6.45) is 0.799. The molecule has 0 saturated heterocycles. The molecule has 0 bridgehead atoms. The molecule has 0 saturated carbocycles. The van der Waals surface area contributed by atoms with Crippen LogP contribution in [0.2, 0.25) is 0 Å². The Kier molecular flexibility index (Phi) is 6.86. The summed E-state index contributed by atoms with van der Waals surface area (Å²) in [4.78, 5) is 24.1. The number of amides is 2. The minimum atomic E-state index is -0.469. The van der Waals surface area contributed by atoms with Crippen molar-refractivity contribution in [1.82, 2.24) is 10.6 Å². The van der Waals surface area contributed by atoms with Crippen LogP contribution < -0.4 is 10.6 Å². The average molecular weight is 310 g/mol. The lowest BCUT2D eigenvalue weighted by Crippen LogP contribution is -2.50. The first kappa shape index (κ1) is 20.7. The van der Waals surface area contributed by atoms with E-state index in [2.05, 4.69) is 58.8 Å². The van der Waals surface area contributed by atoms with Crippen molar-refractivity contribution in [3.63, 3.8) is 0 Å². The van der Waals surface area contributed by atoms with E-state index < -0.39 is 5.41 Å². The van der Waals surface area contributed by atoms with E-state index in [1.54, 1.807) is 6.92 Å². The second kappa shape index (κ2) is 7.30. The standard InChI is InChI=1S/C18H34N2O2/c1-13(2)14(21)19-10-11-20-15(22)18(9,17(6,7)8)12-16(3,4)5/h1,10-12H2,2-9H3,(H,19,21)(H,20,22). The van der Waals surface area contributed by atoms with Gasteiger partial charge in [-0.3, -0.25) is 9.59 Å². The first-order valence-electron chi connectivity index (χ1n) is 7.93. The maximum atomic E-state index is 12.7. The summed E-state index contributed by atoms with van der Waals surface area (Å²) in [7, 11) is 0. The number of hydrogen-bond donors (Lipinski definition) is 2. The maximum Gasteiger partial charge on any atom is 0.246 e. The molecule has 0 aliphatic rings. The summed E-state index contributed by atoms with van der Waals surface area (Å²) in [5.41, 5.74) is -0.0822. The zero-order chi connectivity index (χ0) is 17.8. The third kappa shape index (κ3) is 6.20. The van der Waals surface area contributed by atoms with Crippen molar-refractivity contribution in [3.8, 4) is 0 Å². The monoisotopic (exact) mass is 310 g/mol. The summed E-state index contributed by atoms with van der Waals surface area (Å²) in [6.45, 7) is 20.8. The maximum absolute atomic E-state index is 12.7. The predicted molar refractivity (Wildman–Crippen MR) is 92.5 cm³/mol. The van der Waals surface area contributed by atoms with Crippen LogP contribution in [0.15, 0.2) is 12.2 Å². The Bertz CT molecular complexity index is 427. The fraction of sp³-hybridized carbons (Fsp3) is 0.778. The van der Waals surface area contributed by atoms with Gasteiger partial charge in [-0.05, 0) is 24.2 Å². The fourth-order valence-corrected chi connectivity index (χ4v) is 2.44. The van der Waals surface area contributed by atoms with Crippen LogP contribution in [0.3, 0.4) is 0 Å². The van der Waals surface area contributed by atoms with Gasteiger partial charge < -0.3 is 10.6 Å². The smallest absolute Gasteiger partial charge is 0.246 e. The number of hydrogen-bond acceptors (Lipinski definition) is 2. The molecule has 0 aromatic rings. The molecule has 0 aromatic carbocycles. The first-order valence-corrected chi connectivity index (χ1v) is 7.93. The minimum Gasteiger partial charge on any atom is -0.354 e. The highest BCUT2D eigenvalue weighted by Crippen LogP contribution is 2.46. The van der Waals surface area contributed by atoms with Crippen LogP contribution in [0.1, 0.15) is 61.8 Å². The van der Waals surface area contributed by atoms with E-state index in [1.165, 1.54) is 0 Å². The van der Waals surface area contributed by atoms with Gasteiger partial charge in [0.1, 0.15) is 0 Å². The molecule has 2 amide bonds. The second-order valence-corrected chi connectivity index (χ2v) is 8.61. The van der Waals surface area contributed by atoms with Gasteiger partial charge in [0, 0.05) is 18.7 Å². The van der Waals surface area contributed by atoms with Gasteiger partial charge in [-0.2, -0.15) is 0 Å². The van der Waals surface area contributed by atoms with Crippen LogP contribution in [-0.4, -0.2) is 24.9 Å².